The van der Waals surface area contributed by atoms with E-state index >= 15 is 0 Å². The SMILES string of the molecule is Cc1ccc(-c2cnnc(N3CCN(CC(=O)NC4CCC(NC(=O)OC(C)(C)C)CC4)CC3)n2)cc1. The van der Waals surface area contributed by atoms with Crippen molar-refractivity contribution in [2.75, 3.05) is 37.6 Å². The number of aryl methyl sites for hydroxylation is 1. The minimum atomic E-state index is -0.504. The van der Waals surface area contributed by atoms with Crippen LogP contribution in [0.15, 0.2) is 30.5 Å². The molecule has 2 N–H and O–H groups in total. The van der Waals surface area contributed by atoms with E-state index in [4.69, 9.17) is 9.72 Å². The Balaban J connectivity index is 1.18. The summed E-state index contributed by atoms with van der Waals surface area (Å²) in [6.07, 6.45) is 4.68. The quantitative estimate of drug-likeness (QED) is 0.611. The van der Waals surface area contributed by atoms with Crippen LogP contribution in [0.5, 0.6) is 0 Å². The summed E-state index contributed by atoms with van der Waals surface area (Å²) in [6.45, 7) is 11.0. The summed E-state index contributed by atoms with van der Waals surface area (Å²) < 4.78 is 5.34. The number of piperazine rings is 1. The van der Waals surface area contributed by atoms with E-state index in [9.17, 15) is 9.59 Å². The van der Waals surface area contributed by atoms with Crippen LogP contribution in [0.4, 0.5) is 10.7 Å². The molecular weight excluding hydrogens is 470 g/mol. The molecule has 1 saturated heterocycles. The first-order valence-electron chi connectivity index (χ1n) is 13.2. The number of carbonyl (C=O) groups is 2. The Hall–Kier alpha value is -3.27. The minimum Gasteiger partial charge on any atom is -0.444 e. The minimum absolute atomic E-state index is 0.0521. The van der Waals surface area contributed by atoms with E-state index in [0.29, 0.717) is 12.5 Å². The third kappa shape index (κ3) is 8.11. The first-order chi connectivity index (χ1) is 17.6. The molecule has 1 aliphatic heterocycles. The van der Waals surface area contributed by atoms with Gasteiger partial charge in [0.05, 0.1) is 18.4 Å². The van der Waals surface area contributed by atoms with Crippen molar-refractivity contribution in [2.24, 2.45) is 0 Å². The summed E-state index contributed by atoms with van der Waals surface area (Å²) in [5.41, 5.74) is 2.53. The lowest BCUT2D eigenvalue weighted by atomic mass is 9.91. The van der Waals surface area contributed by atoms with Gasteiger partial charge >= 0.3 is 6.09 Å². The molecule has 1 aliphatic carbocycles. The number of hydrogen-bond acceptors (Lipinski definition) is 8. The molecule has 0 spiro atoms. The molecule has 4 rings (SSSR count). The molecule has 2 aromatic rings. The second-order valence-corrected chi connectivity index (χ2v) is 11.0. The summed E-state index contributed by atoms with van der Waals surface area (Å²) >= 11 is 0. The van der Waals surface area contributed by atoms with Gasteiger partial charge in [-0.2, -0.15) is 5.10 Å². The van der Waals surface area contributed by atoms with Gasteiger partial charge in [0.25, 0.3) is 0 Å². The van der Waals surface area contributed by atoms with Gasteiger partial charge in [0, 0.05) is 43.8 Å². The van der Waals surface area contributed by atoms with Crippen LogP contribution in [0.3, 0.4) is 0 Å². The van der Waals surface area contributed by atoms with Crippen molar-refractivity contribution in [1.29, 1.82) is 0 Å². The molecule has 1 aromatic carbocycles. The molecule has 0 radical (unpaired) electrons. The largest absolute Gasteiger partial charge is 0.444 e. The number of hydrogen-bond donors (Lipinski definition) is 2. The van der Waals surface area contributed by atoms with Gasteiger partial charge in [0.1, 0.15) is 5.60 Å². The smallest absolute Gasteiger partial charge is 0.407 e. The van der Waals surface area contributed by atoms with Crippen molar-refractivity contribution in [3.05, 3.63) is 36.0 Å². The fraction of sp³-hybridized carbons (Fsp3) is 0.593. The second-order valence-electron chi connectivity index (χ2n) is 11.0. The Labute approximate surface area is 219 Å². The fourth-order valence-corrected chi connectivity index (χ4v) is 4.73. The second kappa shape index (κ2) is 11.9. The van der Waals surface area contributed by atoms with E-state index in [2.05, 4.69) is 49.7 Å². The monoisotopic (exact) mass is 509 g/mol. The molecule has 0 unspecified atom stereocenters. The van der Waals surface area contributed by atoms with E-state index in [-0.39, 0.29) is 24.1 Å². The highest BCUT2D eigenvalue weighted by atomic mass is 16.6. The van der Waals surface area contributed by atoms with Crippen LogP contribution in [0, 0.1) is 6.92 Å². The predicted molar refractivity (Wildman–Crippen MR) is 142 cm³/mol. The lowest BCUT2D eigenvalue weighted by Gasteiger charge is -2.35. The zero-order valence-corrected chi connectivity index (χ0v) is 22.4. The van der Waals surface area contributed by atoms with Gasteiger partial charge < -0.3 is 20.3 Å². The van der Waals surface area contributed by atoms with Crippen molar-refractivity contribution in [3.8, 4) is 11.3 Å². The zero-order valence-electron chi connectivity index (χ0n) is 22.4. The van der Waals surface area contributed by atoms with Crippen LogP contribution in [0.1, 0.15) is 52.0 Å². The molecule has 37 heavy (non-hydrogen) atoms. The van der Waals surface area contributed by atoms with Gasteiger partial charge in [-0.1, -0.05) is 29.8 Å². The Bertz CT molecular complexity index is 1050. The molecule has 0 atom stereocenters. The van der Waals surface area contributed by atoms with Gasteiger partial charge in [-0.3, -0.25) is 9.69 Å². The molecule has 2 heterocycles. The molecule has 10 nitrogen and oxygen atoms in total. The zero-order chi connectivity index (χ0) is 26.4. The third-order valence-electron chi connectivity index (χ3n) is 6.73. The number of nitrogens with one attached hydrogen (secondary N) is 2. The van der Waals surface area contributed by atoms with Crippen LogP contribution in [0.25, 0.3) is 11.3 Å². The Morgan fingerprint density at radius 2 is 1.59 bits per heavy atom. The number of ether oxygens (including phenoxy) is 1. The number of benzene rings is 1. The van der Waals surface area contributed by atoms with E-state index in [1.165, 1.54) is 5.56 Å². The molecular formula is C27H39N7O3. The van der Waals surface area contributed by atoms with Crippen LogP contribution in [-0.4, -0.2) is 82.5 Å². The highest BCUT2D eigenvalue weighted by Crippen LogP contribution is 2.21. The standard InChI is InChI=1S/C27H39N7O3/c1-19-5-7-20(8-6-19)23-17-28-32-25(31-23)34-15-13-33(14-16-34)18-24(35)29-21-9-11-22(12-10-21)30-26(36)37-27(2,3)4/h5-8,17,21-22H,9-16,18H2,1-4H3,(H,29,35)(H,30,36). The molecule has 1 aromatic heterocycles. The molecule has 2 amide bonds. The number of aromatic nitrogens is 3. The van der Waals surface area contributed by atoms with Crippen LogP contribution >= 0.6 is 0 Å². The Morgan fingerprint density at radius 3 is 2.22 bits per heavy atom. The van der Waals surface area contributed by atoms with Gasteiger partial charge in [-0.25, -0.2) is 9.78 Å². The Kier molecular flexibility index (Phi) is 8.58. The van der Waals surface area contributed by atoms with Gasteiger partial charge in [-0.15, -0.1) is 5.10 Å². The molecule has 2 aliphatic rings. The van der Waals surface area contributed by atoms with Crippen LogP contribution in [0.2, 0.25) is 0 Å². The van der Waals surface area contributed by atoms with Gasteiger partial charge in [0.2, 0.25) is 11.9 Å². The number of nitrogens with zero attached hydrogens (tertiary/aromatic N) is 5. The average Bonchev–Trinajstić information content (AvgIpc) is 2.85. The predicted octanol–water partition coefficient (Wildman–Crippen LogP) is 2.92. The first-order valence-corrected chi connectivity index (χ1v) is 13.2. The summed E-state index contributed by atoms with van der Waals surface area (Å²) in [6, 6.07) is 8.46. The number of carbonyl (C=O) groups excluding carboxylic acids is 2. The lowest BCUT2D eigenvalue weighted by molar-refractivity contribution is -0.123. The van der Waals surface area contributed by atoms with Crippen molar-refractivity contribution < 1.29 is 14.3 Å². The number of amides is 2. The fourth-order valence-electron chi connectivity index (χ4n) is 4.73. The summed E-state index contributed by atoms with van der Waals surface area (Å²) in [7, 11) is 0. The highest BCUT2D eigenvalue weighted by molar-refractivity contribution is 5.78. The van der Waals surface area contributed by atoms with Crippen molar-refractivity contribution in [3.63, 3.8) is 0 Å². The molecule has 1 saturated carbocycles. The first kappa shape index (κ1) is 26.8. The number of rotatable bonds is 6. The van der Waals surface area contributed by atoms with E-state index in [1.807, 2.05) is 32.9 Å². The molecule has 10 heteroatoms. The topological polar surface area (TPSA) is 113 Å². The maximum absolute atomic E-state index is 12.7. The molecule has 2 fully saturated rings. The molecule has 200 valence electrons. The van der Waals surface area contributed by atoms with Gasteiger partial charge in [-0.05, 0) is 53.4 Å². The van der Waals surface area contributed by atoms with Crippen LogP contribution < -0.4 is 15.5 Å². The number of anilines is 1. The van der Waals surface area contributed by atoms with Gasteiger partial charge in [0.15, 0.2) is 0 Å². The maximum Gasteiger partial charge on any atom is 0.407 e. The Morgan fingerprint density at radius 1 is 0.973 bits per heavy atom. The third-order valence-corrected chi connectivity index (χ3v) is 6.73. The highest BCUT2D eigenvalue weighted by Gasteiger charge is 2.27. The normalized spacial score (nSPS) is 20.8. The summed E-state index contributed by atoms with van der Waals surface area (Å²) in [5, 5.41) is 14.5. The summed E-state index contributed by atoms with van der Waals surface area (Å²) in [4.78, 5) is 33.7. The van der Waals surface area contributed by atoms with E-state index in [1.54, 1.807) is 6.20 Å². The number of alkyl carbamates (subject to hydrolysis) is 1. The maximum atomic E-state index is 12.7. The van der Waals surface area contributed by atoms with Crippen LogP contribution in [-0.2, 0) is 9.53 Å². The van der Waals surface area contributed by atoms with Crippen molar-refractivity contribution in [1.82, 2.24) is 30.7 Å². The summed E-state index contributed by atoms with van der Waals surface area (Å²) in [5.74, 6) is 0.676. The lowest BCUT2D eigenvalue weighted by Crippen LogP contribution is -2.51. The molecule has 0 bridgehead atoms. The average molecular weight is 510 g/mol. The van der Waals surface area contributed by atoms with Crippen molar-refractivity contribution >= 4 is 17.9 Å². The van der Waals surface area contributed by atoms with E-state index < -0.39 is 5.60 Å². The van der Waals surface area contributed by atoms with Crippen molar-refractivity contribution in [2.45, 2.75) is 71.1 Å². The van der Waals surface area contributed by atoms with E-state index in [0.717, 1.165) is 63.1 Å².